The minimum atomic E-state index is -0.384. The predicted molar refractivity (Wildman–Crippen MR) is 84.2 cm³/mol. The molecular weight excluding hydrogens is 264 g/mol. The molecule has 1 heterocycles. The number of hydrogen-bond donors (Lipinski definition) is 0. The molecule has 0 amide bonds. The zero-order chi connectivity index (χ0) is 15.4. The summed E-state index contributed by atoms with van der Waals surface area (Å²) in [5.74, 6) is 0.0953. The molecule has 112 valence electrons. The summed E-state index contributed by atoms with van der Waals surface area (Å²) in [5.41, 5.74) is 3.31. The zero-order valence-corrected chi connectivity index (χ0v) is 13.1. The topological polar surface area (TPSA) is 41.9 Å². The standard InChI is InChI=1S/C17H22N2O2/c1-5-19(6-2)11-15-16(18-21-17(15)20)14-9-7-13(8-10-14)12(3)4/h7-12H,5-6H2,1-4H3/b15-11-. The zero-order valence-electron chi connectivity index (χ0n) is 13.1. The van der Waals surface area contributed by atoms with Crippen molar-refractivity contribution in [1.29, 1.82) is 0 Å². The van der Waals surface area contributed by atoms with Crippen LogP contribution >= 0.6 is 0 Å². The number of benzene rings is 1. The third-order valence-electron chi connectivity index (χ3n) is 3.67. The molecule has 0 aromatic heterocycles. The molecule has 0 aliphatic carbocycles. The van der Waals surface area contributed by atoms with Gasteiger partial charge in [0.1, 0.15) is 11.3 Å². The van der Waals surface area contributed by atoms with Crippen LogP contribution in [0.15, 0.2) is 41.2 Å². The molecule has 4 nitrogen and oxygen atoms in total. The molecule has 1 aliphatic heterocycles. The van der Waals surface area contributed by atoms with Gasteiger partial charge >= 0.3 is 5.97 Å². The van der Waals surface area contributed by atoms with Crippen LogP contribution in [0.2, 0.25) is 0 Å². The highest BCUT2D eigenvalue weighted by Crippen LogP contribution is 2.21. The van der Waals surface area contributed by atoms with E-state index in [0.29, 0.717) is 17.2 Å². The molecule has 0 fully saturated rings. The Hall–Kier alpha value is -2.10. The molecular formula is C17H22N2O2. The normalized spacial score (nSPS) is 16.3. The third kappa shape index (κ3) is 3.32. The maximum Gasteiger partial charge on any atom is 0.369 e. The minimum absolute atomic E-state index is 0.384. The largest absolute Gasteiger partial charge is 0.377 e. The van der Waals surface area contributed by atoms with Crippen molar-refractivity contribution >= 4 is 11.7 Å². The summed E-state index contributed by atoms with van der Waals surface area (Å²) in [6.07, 6.45) is 1.84. The molecule has 0 unspecified atom stereocenters. The Morgan fingerprint density at radius 2 is 1.81 bits per heavy atom. The van der Waals surface area contributed by atoms with E-state index in [-0.39, 0.29) is 5.97 Å². The Bertz CT molecular complexity index is 567. The van der Waals surface area contributed by atoms with Gasteiger partial charge in [0.2, 0.25) is 0 Å². The summed E-state index contributed by atoms with van der Waals surface area (Å²) in [6, 6.07) is 8.12. The van der Waals surface area contributed by atoms with Gasteiger partial charge in [-0.15, -0.1) is 0 Å². The summed E-state index contributed by atoms with van der Waals surface area (Å²) in [5, 5.41) is 3.94. The van der Waals surface area contributed by atoms with Gasteiger partial charge in [-0.25, -0.2) is 4.79 Å². The molecule has 0 saturated heterocycles. The highest BCUT2D eigenvalue weighted by atomic mass is 16.7. The molecule has 0 radical (unpaired) electrons. The molecule has 0 bridgehead atoms. The van der Waals surface area contributed by atoms with Crippen LogP contribution in [0.3, 0.4) is 0 Å². The smallest absolute Gasteiger partial charge is 0.369 e. The lowest BCUT2D eigenvalue weighted by molar-refractivity contribution is -0.136. The first-order chi connectivity index (χ1) is 10.1. The van der Waals surface area contributed by atoms with Crippen molar-refractivity contribution < 1.29 is 9.63 Å². The van der Waals surface area contributed by atoms with Crippen molar-refractivity contribution in [1.82, 2.24) is 4.90 Å². The first-order valence-corrected chi connectivity index (χ1v) is 7.42. The maximum absolute atomic E-state index is 11.9. The quantitative estimate of drug-likeness (QED) is 0.616. The second-order valence-corrected chi connectivity index (χ2v) is 5.36. The van der Waals surface area contributed by atoms with E-state index < -0.39 is 0 Å². The van der Waals surface area contributed by atoms with Gasteiger partial charge in [0.15, 0.2) is 0 Å². The Labute approximate surface area is 126 Å². The van der Waals surface area contributed by atoms with E-state index in [4.69, 9.17) is 4.84 Å². The third-order valence-corrected chi connectivity index (χ3v) is 3.67. The number of hydrogen-bond acceptors (Lipinski definition) is 4. The van der Waals surface area contributed by atoms with Crippen LogP contribution < -0.4 is 0 Å². The average molecular weight is 286 g/mol. The van der Waals surface area contributed by atoms with E-state index in [9.17, 15) is 4.79 Å². The van der Waals surface area contributed by atoms with E-state index in [2.05, 4.69) is 49.9 Å². The number of oxime groups is 1. The van der Waals surface area contributed by atoms with Gasteiger partial charge in [-0.2, -0.15) is 0 Å². The van der Waals surface area contributed by atoms with E-state index in [1.54, 1.807) is 0 Å². The SMILES string of the molecule is CCN(/C=C1\C(=O)ON=C1c1ccc(C(C)C)cc1)CC. The van der Waals surface area contributed by atoms with E-state index in [0.717, 1.165) is 18.7 Å². The lowest BCUT2D eigenvalue weighted by Crippen LogP contribution is -2.19. The van der Waals surface area contributed by atoms with Crippen LogP contribution in [0.5, 0.6) is 0 Å². The van der Waals surface area contributed by atoms with Crippen molar-refractivity contribution in [2.75, 3.05) is 13.1 Å². The first kappa shape index (κ1) is 15.3. The number of nitrogens with zero attached hydrogens (tertiary/aromatic N) is 2. The molecule has 1 aliphatic rings. The number of carbonyl (C=O) groups excluding carboxylic acids is 1. The average Bonchev–Trinajstić information content (AvgIpc) is 2.85. The van der Waals surface area contributed by atoms with E-state index in [1.165, 1.54) is 5.56 Å². The van der Waals surface area contributed by atoms with Crippen molar-refractivity contribution in [2.24, 2.45) is 5.16 Å². The van der Waals surface area contributed by atoms with Gasteiger partial charge in [-0.05, 0) is 25.3 Å². The van der Waals surface area contributed by atoms with Crippen LogP contribution in [-0.2, 0) is 9.63 Å². The van der Waals surface area contributed by atoms with Gasteiger partial charge < -0.3 is 9.74 Å². The van der Waals surface area contributed by atoms with Crippen molar-refractivity contribution in [3.63, 3.8) is 0 Å². The second-order valence-electron chi connectivity index (χ2n) is 5.36. The fourth-order valence-electron chi connectivity index (χ4n) is 2.22. The molecule has 2 rings (SSSR count). The van der Waals surface area contributed by atoms with Crippen molar-refractivity contribution in [3.8, 4) is 0 Å². The molecule has 0 atom stereocenters. The van der Waals surface area contributed by atoms with Crippen LogP contribution in [0.1, 0.15) is 44.7 Å². The van der Waals surface area contributed by atoms with Crippen LogP contribution in [0, 0.1) is 0 Å². The first-order valence-electron chi connectivity index (χ1n) is 7.42. The van der Waals surface area contributed by atoms with Crippen LogP contribution in [0.4, 0.5) is 0 Å². The molecule has 0 saturated carbocycles. The Balaban J connectivity index is 2.31. The molecule has 1 aromatic rings. The summed E-state index contributed by atoms with van der Waals surface area (Å²) in [4.78, 5) is 18.8. The number of carbonyl (C=O) groups is 1. The van der Waals surface area contributed by atoms with Crippen LogP contribution in [0.25, 0.3) is 0 Å². The van der Waals surface area contributed by atoms with Crippen molar-refractivity contribution in [3.05, 3.63) is 47.2 Å². The lowest BCUT2D eigenvalue weighted by Gasteiger charge is -2.16. The lowest BCUT2D eigenvalue weighted by atomic mass is 9.98. The highest BCUT2D eigenvalue weighted by molar-refractivity contribution is 6.28. The summed E-state index contributed by atoms with van der Waals surface area (Å²) in [7, 11) is 0. The Kier molecular flexibility index (Phi) is 4.78. The second kappa shape index (κ2) is 6.57. The number of rotatable bonds is 5. The van der Waals surface area contributed by atoms with E-state index in [1.807, 2.05) is 18.3 Å². The van der Waals surface area contributed by atoms with Gasteiger partial charge in [-0.3, -0.25) is 0 Å². The Morgan fingerprint density at radius 3 is 2.33 bits per heavy atom. The van der Waals surface area contributed by atoms with Crippen molar-refractivity contribution in [2.45, 2.75) is 33.6 Å². The summed E-state index contributed by atoms with van der Waals surface area (Å²) < 4.78 is 0. The monoisotopic (exact) mass is 286 g/mol. The fourth-order valence-corrected chi connectivity index (χ4v) is 2.22. The predicted octanol–water partition coefficient (Wildman–Crippen LogP) is 3.30. The minimum Gasteiger partial charge on any atom is -0.377 e. The fraction of sp³-hybridized carbons (Fsp3) is 0.412. The maximum atomic E-state index is 11.9. The molecule has 21 heavy (non-hydrogen) atoms. The van der Waals surface area contributed by atoms with Gasteiger partial charge in [0.05, 0.1) is 0 Å². The molecule has 1 aromatic carbocycles. The van der Waals surface area contributed by atoms with Gasteiger partial charge in [0, 0.05) is 24.9 Å². The molecule has 0 N–H and O–H groups in total. The molecule has 0 spiro atoms. The van der Waals surface area contributed by atoms with Crippen LogP contribution in [-0.4, -0.2) is 29.7 Å². The Morgan fingerprint density at radius 1 is 1.19 bits per heavy atom. The molecule has 4 heteroatoms. The van der Waals surface area contributed by atoms with E-state index >= 15 is 0 Å². The van der Waals surface area contributed by atoms with Gasteiger partial charge in [0.25, 0.3) is 0 Å². The summed E-state index contributed by atoms with van der Waals surface area (Å²) >= 11 is 0. The summed E-state index contributed by atoms with van der Waals surface area (Å²) in [6.45, 7) is 10.1. The van der Waals surface area contributed by atoms with Gasteiger partial charge in [-0.1, -0.05) is 43.3 Å². The highest BCUT2D eigenvalue weighted by Gasteiger charge is 2.27.